The van der Waals surface area contributed by atoms with Gasteiger partial charge in [0.25, 0.3) is 0 Å². The van der Waals surface area contributed by atoms with Crippen LogP contribution in [-0.2, 0) is 4.74 Å². The summed E-state index contributed by atoms with van der Waals surface area (Å²) in [7, 11) is 0. The number of carbonyl (C=O) groups excluding carboxylic acids is 1. The molecule has 0 unspecified atom stereocenters. The molecule has 1 heterocycles. The lowest BCUT2D eigenvalue weighted by Gasteiger charge is -2.26. The van der Waals surface area contributed by atoms with Gasteiger partial charge in [-0.1, -0.05) is 0 Å². The Kier molecular flexibility index (Phi) is 3.83. The summed E-state index contributed by atoms with van der Waals surface area (Å²) >= 11 is 0. The molecule has 12 heavy (non-hydrogen) atoms. The fourth-order valence-corrected chi connectivity index (χ4v) is 1.14. The summed E-state index contributed by atoms with van der Waals surface area (Å²) in [6.45, 7) is 4.42. The van der Waals surface area contributed by atoms with Gasteiger partial charge in [0.1, 0.15) is 6.09 Å². The molecule has 0 radical (unpaired) electrons. The number of hydrogen-bond donors (Lipinski definition) is 1. The molecule has 5 heteroatoms. The average Bonchev–Trinajstić information content (AvgIpc) is 2.05. The van der Waals surface area contributed by atoms with E-state index in [0.29, 0.717) is 6.54 Å². The van der Waals surface area contributed by atoms with Crippen molar-refractivity contribution in [1.82, 2.24) is 10.2 Å². The van der Waals surface area contributed by atoms with Crippen LogP contribution in [0.25, 0.3) is 0 Å². The molecule has 1 rings (SSSR count). The van der Waals surface area contributed by atoms with E-state index in [-0.39, 0.29) is 0 Å². The number of carboxylic acid groups (broad SMARTS) is 1. The molecule has 0 atom stereocenters. The Bertz CT molecular complexity index is 146. The van der Waals surface area contributed by atoms with Crippen molar-refractivity contribution in [2.75, 3.05) is 39.4 Å². The smallest absolute Gasteiger partial charge is 0.134 e. The van der Waals surface area contributed by atoms with Gasteiger partial charge in [0.2, 0.25) is 0 Å². The average molecular weight is 173 g/mol. The van der Waals surface area contributed by atoms with Crippen molar-refractivity contribution in [2.45, 2.75) is 0 Å². The van der Waals surface area contributed by atoms with Gasteiger partial charge in [0.05, 0.1) is 13.2 Å². The lowest BCUT2D eigenvalue weighted by atomic mass is 10.4. The first-order valence-electron chi connectivity index (χ1n) is 4.04. The van der Waals surface area contributed by atoms with Gasteiger partial charge in [-0.05, 0) is 0 Å². The third-order valence-electron chi connectivity index (χ3n) is 1.80. The fourth-order valence-electron chi connectivity index (χ4n) is 1.14. The van der Waals surface area contributed by atoms with Crippen LogP contribution in [0.3, 0.4) is 0 Å². The van der Waals surface area contributed by atoms with E-state index >= 15 is 0 Å². The zero-order valence-corrected chi connectivity index (χ0v) is 6.91. The van der Waals surface area contributed by atoms with Crippen molar-refractivity contribution in [3.63, 3.8) is 0 Å². The highest BCUT2D eigenvalue weighted by atomic mass is 16.5. The summed E-state index contributed by atoms with van der Waals surface area (Å²) < 4.78 is 5.14. The summed E-state index contributed by atoms with van der Waals surface area (Å²) in [6, 6.07) is 0. The molecule has 0 spiro atoms. The highest BCUT2D eigenvalue weighted by Gasteiger charge is 2.08. The molecular weight excluding hydrogens is 160 g/mol. The Labute approximate surface area is 71.3 Å². The summed E-state index contributed by atoms with van der Waals surface area (Å²) in [5.41, 5.74) is 0. The highest BCUT2D eigenvalue weighted by molar-refractivity contribution is 5.61. The van der Waals surface area contributed by atoms with E-state index in [1.165, 1.54) is 0 Å². The van der Waals surface area contributed by atoms with E-state index in [9.17, 15) is 9.90 Å². The van der Waals surface area contributed by atoms with E-state index < -0.39 is 6.09 Å². The standard InChI is InChI=1S/C7H14N2O3/c10-7(11)8-1-2-9-3-5-12-6-4-9/h8H,1-6H2,(H,10,11)/p-1. The second kappa shape index (κ2) is 4.95. The van der Waals surface area contributed by atoms with Gasteiger partial charge in [0.15, 0.2) is 0 Å². The van der Waals surface area contributed by atoms with Crippen LogP contribution in [0, 0.1) is 0 Å². The van der Waals surface area contributed by atoms with Gasteiger partial charge in [-0.3, -0.25) is 4.90 Å². The van der Waals surface area contributed by atoms with Gasteiger partial charge in [0, 0.05) is 26.2 Å². The van der Waals surface area contributed by atoms with E-state index in [1.54, 1.807) is 0 Å². The number of amides is 1. The minimum atomic E-state index is -1.21. The van der Waals surface area contributed by atoms with Crippen LogP contribution in [0.15, 0.2) is 0 Å². The van der Waals surface area contributed by atoms with Crippen molar-refractivity contribution in [3.8, 4) is 0 Å². The number of rotatable bonds is 3. The quantitative estimate of drug-likeness (QED) is 0.549. The maximum Gasteiger partial charge on any atom is 0.134 e. The van der Waals surface area contributed by atoms with Crippen molar-refractivity contribution in [3.05, 3.63) is 0 Å². The third-order valence-corrected chi connectivity index (χ3v) is 1.80. The Morgan fingerprint density at radius 2 is 2.17 bits per heavy atom. The lowest BCUT2D eigenvalue weighted by Crippen LogP contribution is -2.44. The Hall–Kier alpha value is -0.810. The second-order valence-electron chi connectivity index (χ2n) is 2.67. The van der Waals surface area contributed by atoms with Gasteiger partial charge >= 0.3 is 0 Å². The Morgan fingerprint density at radius 3 is 2.75 bits per heavy atom. The predicted molar refractivity (Wildman–Crippen MR) is 40.7 cm³/mol. The van der Waals surface area contributed by atoms with E-state index in [4.69, 9.17) is 4.74 Å². The molecule has 5 nitrogen and oxygen atoms in total. The van der Waals surface area contributed by atoms with Crippen molar-refractivity contribution < 1.29 is 14.6 Å². The topological polar surface area (TPSA) is 64.6 Å². The first-order valence-corrected chi connectivity index (χ1v) is 4.04. The molecule has 0 aromatic carbocycles. The highest BCUT2D eigenvalue weighted by Crippen LogP contribution is 1.94. The molecule has 1 aliphatic heterocycles. The molecule has 1 amide bonds. The summed E-state index contributed by atoms with van der Waals surface area (Å²) in [5.74, 6) is 0. The summed E-state index contributed by atoms with van der Waals surface area (Å²) in [6.07, 6.45) is -1.21. The first-order chi connectivity index (χ1) is 5.79. The van der Waals surface area contributed by atoms with Gasteiger partial charge in [-0.2, -0.15) is 0 Å². The molecule has 0 saturated carbocycles. The molecule has 1 N–H and O–H groups in total. The molecule has 0 bridgehead atoms. The molecule has 1 aliphatic rings. The maximum absolute atomic E-state index is 9.98. The summed E-state index contributed by atoms with van der Waals surface area (Å²) in [4.78, 5) is 12.1. The zero-order chi connectivity index (χ0) is 8.81. The molecule has 0 aromatic heterocycles. The van der Waals surface area contributed by atoms with Crippen LogP contribution in [-0.4, -0.2) is 50.4 Å². The monoisotopic (exact) mass is 173 g/mol. The van der Waals surface area contributed by atoms with Crippen LogP contribution in [0.4, 0.5) is 4.79 Å². The van der Waals surface area contributed by atoms with Crippen molar-refractivity contribution in [1.29, 1.82) is 0 Å². The van der Waals surface area contributed by atoms with Crippen LogP contribution in [0.5, 0.6) is 0 Å². The largest absolute Gasteiger partial charge is 0.530 e. The van der Waals surface area contributed by atoms with Crippen LogP contribution in [0.1, 0.15) is 0 Å². The van der Waals surface area contributed by atoms with Crippen molar-refractivity contribution in [2.24, 2.45) is 0 Å². The number of carbonyl (C=O) groups is 1. The minimum absolute atomic E-state index is 0.433. The maximum atomic E-state index is 9.98. The molecular formula is C7H13N2O3-. The molecule has 70 valence electrons. The van der Waals surface area contributed by atoms with Crippen LogP contribution >= 0.6 is 0 Å². The zero-order valence-electron chi connectivity index (χ0n) is 6.91. The fraction of sp³-hybridized carbons (Fsp3) is 0.857. The lowest BCUT2D eigenvalue weighted by molar-refractivity contribution is -0.250. The first kappa shape index (κ1) is 9.28. The normalized spacial score (nSPS) is 19.0. The van der Waals surface area contributed by atoms with E-state index in [2.05, 4.69) is 10.2 Å². The molecule has 0 aromatic rings. The molecule has 1 fully saturated rings. The number of hydrogen-bond acceptors (Lipinski definition) is 4. The Morgan fingerprint density at radius 1 is 1.50 bits per heavy atom. The molecule has 0 aliphatic carbocycles. The van der Waals surface area contributed by atoms with E-state index in [1.807, 2.05) is 0 Å². The number of nitrogens with zero attached hydrogens (tertiary/aromatic N) is 1. The number of nitrogens with one attached hydrogen (secondary N) is 1. The number of morpholine rings is 1. The summed E-state index contributed by atoms with van der Waals surface area (Å²) in [5, 5.41) is 12.2. The van der Waals surface area contributed by atoms with E-state index in [0.717, 1.165) is 32.8 Å². The Balaban J connectivity index is 2.01. The van der Waals surface area contributed by atoms with Crippen LogP contribution in [0.2, 0.25) is 0 Å². The SMILES string of the molecule is O=C([O-])NCCN1CCOCC1. The predicted octanol–water partition coefficient (Wildman–Crippen LogP) is -1.75. The number of ether oxygens (including phenoxy) is 1. The van der Waals surface area contributed by atoms with Crippen LogP contribution < -0.4 is 10.4 Å². The van der Waals surface area contributed by atoms with Gasteiger partial charge in [-0.15, -0.1) is 0 Å². The van der Waals surface area contributed by atoms with Gasteiger partial charge < -0.3 is 20.0 Å². The minimum Gasteiger partial charge on any atom is -0.530 e. The second-order valence-corrected chi connectivity index (χ2v) is 2.67. The van der Waals surface area contributed by atoms with Gasteiger partial charge in [-0.25, -0.2) is 0 Å². The molecule has 1 saturated heterocycles. The third kappa shape index (κ3) is 3.54. The van der Waals surface area contributed by atoms with Crippen molar-refractivity contribution >= 4 is 6.09 Å².